The third-order valence-corrected chi connectivity index (χ3v) is 8.25. The van der Waals surface area contributed by atoms with E-state index in [0.717, 1.165) is 56.7 Å². The molecule has 5 rings (SSSR count). The van der Waals surface area contributed by atoms with E-state index in [1.54, 1.807) is 13.3 Å². The Morgan fingerprint density at radius 2 is 1.95 bits per heavy atom. The molecule has 4 heterocycles. The summed E-state index contributed by atoms with van der Waals surface area (Å²) >= 11 is 0. The summed E-state index contributed by atoms with van der Waals surface area (Å²) in [5.74, 6) is 2.16. The highest BCUT2D eigenvalue weighted by molar-refractivity contribution is 5.68. The van der Waals surface area contributed by atoms with Crippen LogP contribution in [0.3, 0.4) is 0 Å². The highest BCUT2D eigenvalue weighted by Crippen LogP contribution is 2.42. The van der Waals surface area contributed by atoms with Gasteiger partial charge >= 0.3 is 5.97 Å². The molecule has 3 aliphatic rings. The van der Waals surface area contributed by atoms with Crippen LogP contribution in [0.15, 0.2) is 30.5 Å². The van der Waals surface area contributed by atoms with Crippen LogP contribution in [0.1, 0.15) is 75.3 Å². The maximum absolute atomic E-state index is 11.3. The normalized spacial score (nSPS) is 23.3. The minimum atomic E-state index is -0.798. The molecule has 0 bridgehead atoms. The molecule has 0 saturated carbocycles. The summed E-state index contributed by atoms with van der Waals surface area (Å²) in [6, 6.07) is 8.40. The van der Waals surface area contributed by atoms with E-state index in [2.05, 4.69) is 41.9 Å². The Labute approximate surface area is 225 Å². The quantitative estimate of drug-likeness (QED) is 0.491. The lowest BCUT2D eigenvalue weighted by atomic mass is 9.82. The first-order valence-corrected chi connectivity index (χ1v) is 13.9. The minimum absolute atomic E-state index is 0.0665. The number of carbonyl (C=O) groups is 1. The fraction of sp³-hybridized carbons (Fsp3) is 0.600. The Hall–Kier alpha value is -3.00. The van der Waals surface area contributed by atoms with Crippen LogP contribution in [-0.4, -0.2) is 61.7 Å². The number of ether oxygens (including phenoxy) is 4. The van der Waals surface area contributed by atoms with E-state index < -0.39 is 5.97 Å². The number of aliphatic carboxylic acids is 1. The summed E-state index contributed by atoms with van der Waals surface area (Å²) in [5.41, 5.74) is 3.47. The van der Waals surface area contributed by atoms with Gasteiger partial charge in [0, 0.05) is 49.0 Å². The van der Waals surface area contributed by atoms with Gasteiger partial charge in [-0.05, 0) is 69.4 Å². The predicted molar refractivity (Wildman–Crippen MR) is 145 cm³/mol. The number of carboxylic acids is 1. The van der Waals surface area contributed by atoms with Crippen molar-refractivity contribution in [3.05, 3.63) is 41.6 Å². The number of fused-ring (bicyclic) bond motifs is 1. The molecule has 2 fully saturated rings. The number of aromatic nitrogens is 1. The standard InChI is InChI=1S/C30H40N2O6/c1-30(2)17-22(9-13-38-30)24-5-4-23(35-3)15-26(24)32-10-6-20(7-11-32)19-37-28-16-25-21(14-29(33)34)8-12-36-27(25)18-31-28/h4-5,15-16,18,20-22H,6-14,17,19H2,1-3H3,(H,33,34). The topological polar surface area (TPSA) is 90.4 Å². The van der Waals surface area contributed by atoms with Gasteiger partial charge in [0.25, 0.3) is 0 Å². The number of methoxy groups -OCH3 is 1. The lowest BCUT2D eigenvalue weighted by Gasteiger charge is -2.39. The zero-order valence-corrected chi connectivity index (χ0v) is 22.8. The van der Waals surface area contributed by atoms with E-state index >= 15 is 0 Å². The van der Waals surface area contributed by atoms with Gasteiger partial charge in [0.2, 0.25) is 5.88 Å². The van der Waals surface area contributed by atoms with E-state index in [9.17, 15) is 9.90 Å². The third-order valence-electron chi connectivity index (χ3n) is 8.25. The van der Waals surface area contributed by atoms with Crippen molar-refractivity contribution in [2.24, 2.45) is 5.92 Å². The van der Waals surface area contributed by atoms with Crippen LogP contribution in [0, 0.1) is 5.92 Å². The number of hydrogen-bond acceptors (Lipinski definition) is 7. The second-order valence-electron chi connectivity index (χ2n) is 11.5. The molecule has 2 aromatic rings. The number of benzene rings is 1. The molecular weight excluding hydrogens is 484 g/mol. The molecule has 2 atom stereocenters. The molecule has 0 amide bonds. The molecule has 1 N–H and O–H groups in total. The van der Waals surface area contributed by atoms with E-state index in [-0.39, 0.29) is 17.9 Å². The van der Waals surface area contributed by atoms with Crippen molar-refractivity contribution in [1.29, 1.82) is 0 Å². The number of pyridine rings is 1. The molecule has 0 aliphatic carbocycles. The van der Waals surface area contributed by atoms with Crippen molar-refractivity contribution >= 4 is 11.7 Å². The van der Waals surface area contributed by atoms with Gasteiger partial charge in [0.15, 0.2) is 0 Å². The Morgan fingerprint density at radius 1 is 1.13 bits per heavy atom. The van der Waals surface area contributed by atoms with Crippen LogP contribution in [0.25, 0.3) is 0 Å². The first kappa shape index (κ1) is 26.6. The zero-order chi connectivity index (χ0) is 26.7. The van der Waals surface area contributed by atoms with Crippen molar-refractivity contribution in [2.75, 3.05) is 44.9 Å². The monoisotopic (exact) mass is 524 g/mol. The predicted octanol–water partition coefficient (Wildman–Crippen LogP) is 5.40. The number of hydrogen-bond donors (Lipinski definition) is 1. The first-order valence-electron chi connectivity index (χ1n) is 13.9. The molecule has 206 valence electrons. The van der Waals surface area contributed by atoms with Gasteiger partial charge in [-0.3, -0.25) is 4.79 Å². The lowest BCUT2D eigenvalue weighted by molar-refractivity contribution is -0.137. The van der Waals surface area contributed by atoms with Crippen LogP contribution in [0.2, 0.25) is 0 Å². The van der Waals surface area contributed by atoms with E-state index in [4.69, 9.17) is 18.9 Å². The highest BCUT2D eigenvalue weighted by Gasteiger charge is 2.32. The Balaban J connectivity index is 1.21. The van der Waals surface area contributed by atoms with Crippen molar-refractivity contribution in [3.63, 3.8) is 0 Å². The number of piperidine rings is 1. The maximum Gasteiger partial charge on any atom is 0.303 e. The van der Waals surface area contributed by atoms with Crippen LogP contribution in [0.5, 0.6) is 17.4 Å². The van der Waals surface area contributed by atoms with E-state index in [0.29, 0.717) is 43.1 Å². The summed E-state index contributed by atoms with van der Waals surface area (Å²) in [6.45, 7) is 8.22. The third kappa shape index (κ3) is 6.17. The molecule has 0 radical (unpaired) electrons. The van der Waals surface area contributed by atoms with E-state index in [1.165, 1.54) is 11.3 Å². The number of carboxylic acid groups (broad SMARTS) is 1. The smallest absolute Gasteiger partial charge is 0.303 e. The fourth-order valence-corrected chi connectivity index (χ4v) is 6.16. The largest absolute Gasteiger partial charge is 0.497 e. The second kappa shape index (κ2) is 11.4. The molecule has 38 heavy (non-hydrogen) atoms. The molecule has 0 spiro atoms. The van der Waals surface area contributed by atoms with Crippen LogP contribution in [-0.2, 0) is 9.53 Å². The SMILES string of the molecule is COc1ccc(C2CCOC(C)(C)C2)c(N2CCC(COc3cc4c(cn3)OCCC4CC(=O)O)CC2)c1. The number of nitrogens with zero attached hydrogens (tertiary/aromatic N) is 2. The van der Waals surface area contributed by atoms with Gasteiger partial charge in [-0.2, -0.15) is 0 Å². The summed E-state index contributed by atoms with van der Waals surface area (Å²) < 4.78 is 23.4. The van der Waals surface area contributed by atoms with Crippen molar-refractivity contribution in [2.45, 2.75) is 69.8 Å². The molecule has 1 aromatic heterocycles. The number of anilines is 1. The molecule has 8 heteroatoms. The van der Waals surface area contributed by atoms with E-state index in [1.807, 2.05) is 6.07 Å². The molecule has 1 aromatic carbocycles. The number of rotatable bonds is 8. The molecule has 2 unspecified atom stereocenters. The Bertz CT molecular complexity index is 1130. The van der Waals surface area contributed by atoms with Gasteiger partial charge in [-0.1, -0.05) is 6.07 Å². The Kier molecular flexibility index (Phi) is 7.98. The van der Waals surface area contributed by atoms with Gasteiger partial charge in [0.05, 0.1) is 38.5 Å². The van der Waals surface area contributed by atoms with Gasteiger partial charge in [-0.15, -0.1) is 0 Å². The first-order chi connectivity index (χ1) is 18.3. The molecule has 8 nitrogen and oxygen atoms in total. The van der Waals surface area contributed by atoms with Crippen molar-refractivity contribution < 1.29 is 28.8 Å². The summed E-state index contributed by atoms with van der Waals surface area (Å²) in [5, 5.41) is 9.28. The molecular formula is C30H40N2O6. The fourth-order valence-electron chi connectivity index (χ4n) is 6.16. The summed E-state index contributed by atoms with van der Waals surface area (Å²) in [6.07, 6.45) is 6.58. The molecule has 2 saturated heterocycles. The second-order valence-corrected chi connectivity index (χ2v) is 11.5. The zero-order valence-electron chi connectivity index (χ0n) is 22.8. The van der Waals surface area contributed by atoms with Gasteiger partial charge in [0.1, 0.15) is 11.5 Å². The lowest BCUT2D eigenvalue weighted by Crippen LogP contribution is -2.37. The average molecular weight is 525 g/mol. The average Bonchev–Trinajstić information content (AvgIpc) is 2.91. The Morgan fingerprint density at radius 3 is 2.68 bits per heavy atom. The van der Waals surface area contributed by atoms with Crippen molar-refractivity contribution in [1.82, 2.24) is 4.98 Å². The summed E-state index contributed by atoms with van der Waals surface area (Å²) in [4.78, 5) is 18.2. The maximum atomic E-state index is 11.3. The van der Waals surface area contributed by atoms with Gasteiger partial charge < -0.3 is 29.0 Å². The van der Waals surface area contributed by atoms with Crippen LogP contribution < -0.4 is 19.1 Å². The minimum Gasteiger partial charge on any atom is -0.497 e. The van der Waals surface area contributed by atoms with Crippen molar-refractivity contribution in [3.8, 4) is 17.4 Å². The molecule has 3 aliphatic heterocycles. The van der Waals surface area contributed by atoms with Crippen LogP contribution >= 0.6 is 0 Å². The van der Waals surface area contributed by atoms with Gasteiger partial charge in [-0.25, -0.2) is 4.98 Å². The van der Waals surface area contributed by atoms with Crippen LogP contribution in [0.4, 0.5) is 5.69 Å². The highest BCUT2D eigenvalue weighted by atomic mass is 16.5. The summed E-state index contributed by atoms with van der Waals surface area (Å²) in [7, 11) is 1.73.